The van der Waals surface area contributed by atoms with Crippen molar-refractivity contribution in [2.75, 3.05) is 13.1 Å². The lowest BCUT2D eigenvalue weighted by atomic mass is 10.2. The Morgan fingerprint density at radius 3 is 2.78 bits per heavy atom. The average molecular weight is 364 g/mol. The van der Waals surface area contributed by atoms with Gasteiger partial charge in [-0.1, -0.05) is 30.3 Å². The first-order valence-corrected chi connectivity index (χ1v) is 9.23. The molecule has 5 nitrogen and oxygen atoms in total. The van der Waals surface area contributed by atoms with Gasteiger partial charge in [0.15, 0.2) is 0 Å². The van der Waals surface area contributed by atoms with Crippen LogP contribution >= 0.6 is 0 Å². The van der Waals surface area contributed by atoms with E-state index in [1.54, 1.807) is 0 Å². The lowest BCUT2D eigenvalue weighted by Crippen LogP contribution is -2.24. The van der Waals surface area contributed by atoms with Crippen LogP contribution in [0.2, 0.25) is 0 Å². The third kappa shape index (κ3) is 3.22. The fourth-order valence-electron chi connectivity index (χ4n) is 3.86. The van der Waals surface area contributed by atoms with Gasteiger partial charge < -0.3 is 14.7 Å². The molecule has 2 aromatic carbocycles. The molecule has 0 aliphatic carbocycles. The minimum atomic E-state index is -0.986. The summed E-state index contributed by atoms with van der Waals surface area (Å²) in [6.45, 7) is 1.99. The molecule has 5 rings (SSSR count). The van der Waals surface area contributed by atoms with Crippen molar-refractivity contribution >= 4 is 21.9 Å². The lowest BCUT2D eigenvalue weighted by Gasteiger charge is -2.15. The number of ether oxygens (including phenoxy) is 1. The maximum atomic E-state index is 14.5. The van der Waals surface area contributed by atoms with E-state index < -0.39 is 12.3 Å². The van der Waals surface area contributed by atoms with Crippen molar-refractivity contribution in [3.05, 3.63) is 66.1 Å². The smallest absolute Gasteiger partial charge is 0.140 e. The number of imidazole rings is 1. The molecule has 138 valence electrons. The maximum absolute atomic E-state index is 14.5. The summed E-state index contributed by atoms with van der Waals surface area (Å²) in [5.74, 6) is 0.735. The van der Waals surface area contributed by atoms with E-state index in [1.165, 1.54) is 10.9 Å². The Labute approximate surface area is 156 Å². The van der Waals surface area contributed by atoms with E-state index in [1.807, 2.05) is 42.6 Å². The number of hydrogen-bond donors (Lipinski definition) is 2. The largest absolute Gasteiger partial charge is 0.366 e. The number of aromatic nitrogens is 3. The second-order valence-corrected chi connectivity index (χ2v) is 7.12. The van der Waals surface area contributed by atoms with Gasteiger partial charge in [-0.2, -0.15) is 0 Å². The van der Waals surface area contributed by atoms with Gasteiger partial charge in [-0.25, -0.2) is 9.37 Å². The van der Waals surface area contributed by atoms with E-state index in [2.05, 4.69) is 32.0 Å². The van der Waals surface area contributed by atoms with Gasteiger partial charge in [0.2, 0.25) is 0 Å². The summed E-state index contributed by atoms with van der Waals surface area (Å²) < 4.78 is 20.3. The van der Waals surface area contributed by atoms with E-state index in [4.69, 9.17) is 4.74 Å². The fraction of sp³-hybridized carbons (Fsp3) is 0.286. The number of alkyl halides is 1. The second kappa shape index (κ2) is 6.79. The quantitative estimate of drug-likeness (QED) is 0.567. The number of nitrogens with zero attached hydrogens (tertiary/aromatic N) is 2. The zero-order valence-corrected chi connectivity index (χ0v) is 14.9. The topological polar surface area (TPSA) is 56.9 Å². The normalized spacial score (nSPS) is 20.8. The molecule has 2 N–H and O–H groups in total. The first-order valence-electron chi connectivity index (χ1n) is 9.23. The Kier molecular flexibility index (Phi) is 4.14. The van der Waals surface area contributed by atoms with Crippen LogP contribution in [0.3, 0.4) is 0 Å². The molecule has 1 aliphatic rings. The van der Waals surface area contributed by atoms with E-state index in [0.29, 0.717) is 19.7 Å². The summed E-state index contributed by atoms with van der Waals surface area (Å²) in [4.78, 5) is 13.1. The number of rotatable bonds is 5. The number of para-hydroxylation sites is 3. The average Bonchev–Trinajstić information content (AvgIpc) is 3.37. The second-order valence-electron chi connectivity index (χ2n) is 7.12. The molecule has 0 bridgehead atoms. The number of benzene rings is 2. The molecule has 1 aliphatic heterocycles. The number of likely N-dealkylation sites (tertiary alicyclic amines) is 1. The first-order chi connectivity index (χ1) is 13.3. The first kappa shape index (κ1) is 16.5. The molecule has 0 unspecified atom stereocenters. The number of nitrogens with one attached hydrogen (secondary N) is 2. The standard InChI is InChI=1S/C21H21FN4O/c22-16-11-26(10-14-9-23-17-6-2-1-5-15(14)17)12-20(16)27-13-21-24-18-7-3-4-8-19(18)25-21/h1-9,16,20,23H,10-13H2,(H,24,25)/t16-,20+/m1/s1. The third-order valence-corrected chi connectivity index (χ3v) is 5.22. The van der Waals surface area contributed by atoms with Gasteiger partial charge in [0.1, 0.15) is 24.7 Å². The molecule has 0 radical (unpaired) electrons. The summed E-state index contributed by atoms with van der Waals surface area (Å²) in [7, 11) is 0. The van der Waals surface area contributed by atoms with Crippen LogP contribution in [0.25, 0.3) is 21.9 Å². The Morgan fingerprint density at radius 1 is 1.07 bits per heavy atom. The van der Waals surface area contributed by atoms with Gasteiger partial charge in [-0.05, 0) is 23.8 Å². The van der Waals surface area contributed by atoms with Crippen LogP contribution in [-0.4, -0.2) is 45.2 Å². The highest BCUT2D eigenvalue weighted by Crippen LogP contribution is 2.24. The summed E-state index contributed by atoms with van der Waals surface area (Å²) in [5, 5.41) is 1.19. The maximum Gasteiger partial charge on any atom is 0.140 e. The molecule has 0 spiro atoms. The van der Waals surface area contributed by atoms with Crippen LogP contribution in [0, 0.1) is 0 Å². The third-order valence-electron chi connectivity index (χ3n) is 5.22. The minimum absolute atomic E-state index is 0.292. The molecule has 4 aromatic rings. The lowest BCUT2D eigenvalue weighted by molar-refractivity contribution is 0.00864. The van der Waals surface area contributed by atoms with Crippen molar-refractivity contribution in [1.29, 1.82) is 0 Å². The molecule has 1 saturated heterocycles. The van der Waals surface area contributed by atoms with Gasteiger partial charge in [-0.3, -0.25) is 4.90 Å². The van der Waals surface area contributed by atoms with Crippen LogP contribution in [0.1, 0.15) is 11.4 Å². The highest BCUT2D eigenvalue weighted by atomic mass is 19.1. The molecule has 0 amide bonds. The number of halogens is 1. The monoisotopic (exact) mass is 364 g/mol. The number of aromatic amines is 2. The van der Waals surface area contributed by atoms with Gasteiger partial charge in [0, 0.05) is 36.7 Å². The molecule has 0 saturated carbocycles. The molecule has 6 heteroatoms. The number of fused-ring (bicyclic) bond motifs is 2. The Balaban J connectivity index is 1.23. The van der Waals surface area contributed by atoms with Crippen LogP contribution in [0.15, 0.2) is 54.7 Å². The van der Waals surface area contributed by atoms with Crippen molar-refractivity contribution < 1.29 is 9.13 Å². The van der Waals surface area contributed by atoms with Crippen LogP contribution < -0.4 is 0 Å². The molecule has 3 heterocycles. The van der Waals surface area contributed by atoms with Gasteiger partial charge >= 0.3 is 0 Å². The molecule has 2 atom stereocenters. The number of H-pyrrole nitrogens is 2. The zero-order valence-electron chi connectivity index (χ0n) is 14.9. The predicted molar refractivity (Wildman–Crippen MR) is 103 cm³/mol. The van der Waals surface area contributed by atoms with Crippen LogP contribution in [0.4, 0.5) is 4.39 Å². The molecule has 1 fully saturated rings. The molecular weight excluding hydrogens is 343 g/mol. The van der Waals surface area contributed by atoms with Crippen molar-refractivity contribution in [2.24, 2.45) is 0 Å². The molecule has 2 aromatic heterocycles. The minimum Gasteiger partial charge on any atom is -0.366 e. The Morgan fingerprint density at radius 2 is 1.89 bits per heavy atom. The SMILES string of the molecule is F[C@@H]1CN(Cc2c[nH]c3ccccc23)C[C@@H]1OCc1nc2ccccc2[nH]1. The summed E-state index contributed by atoms with van der Waals surface area (Å²) in [6, 6.07) is 16.0. The molecule has 27 heavy (non-hydrogen) atoms. The van der Waals surface area contributed by atoms with Gasteiger partial charge in [0.25, 0.3) is 0 Å². The van der Waals surface area contributed by atoms with E-state index in [0.717, 1.165) is 28.9 Å². The fourth-order valence-corrected chi connectivity index (χ4v) is 3.86. The van der Waals surface area contributed by atoms with Crippen LogP contribution in [-0.2, 0) is 17.9 Å². The van der Waals surface area contributed by atoms with E-state index in [-0.39, 0.29) is 0 Å². The zero-order chi connectivity index (χ0) is 18.2. The molecular formula is C21H21FN4O. The van der Waals surface area contributed by atoms with E-state index >= 15 is 0 Å². The highest BCUT2D eigenvalue weighted by molar-refractivity contribution is 5.83. The summed E-state index contributed by atoms with van der Waals surface area (Å²) in [6.07, 6.45) is 0.600. The predicted octanol–water partition coefficient (Wildman–Crippen LogP) is 3.78. The summed E-state index contributed by atoms with van der Waals surface area (Å²) in [5.41, 5.74) is 4.18. The van der Waals surface area contributed by atoms with Crippen molar-refractivity contribution in [2.45, 2.75) is 25.4 Å². The Hall–Kier alpha value is -2.70. The van der Waals surface area contributed by atoms with Crippen molar-refractivity contribution in [1.82, 2.24) is 19.9 Å². The number of hydrogen-bond acceptors (Lipinski definition) is 3. The van der Waals surface area contributed by atoms with E-state index in [9.17, 15) is 4.39 Å². The van der Waals surface area contributed by atoms with Gasteiger partial charge in [0.05, 0.1) is 11.0 Å². The van der Waals surface area contributed by atoms with Crippen molar-refractivity contribution in [3.8, 4) is 0 Å². The highest BCUT2D eigenvalue weighted by Gasteiger charge is 2.34. The summed E-state index contributed by atoms with van der Waals surface area (Å²) >= 11 is 0. The van der Waals surface area contributed by atoms with Gasteiger partial charge in [-0.15, -0.1) is 0 Å². The Bertz CT molecular complexity index is 1040. The van der Waals surface area contributed by atoms with Crippen molar-refractivity contribution in [3.63, 3.8) is 0 Å². The van der Waals surface area contributed by atoms with Crippen LogP contribution in [0.5, 0.6) is 0 Å².